The molecule has 62 valence electrons. The van der Waals surface area contributed by atoms with E-state index in [1.807, 2.05) is 13.8 Å². The maximum absolute atomic E-state index is 12.0. The van der Waals surface area contributed by atoms with Crippen LogP contribution >= 0.6 is 7.14 Å². The van der Waals surface area contributed by atoms with Crippen LogP contribution in [0.1, 0.15) is 34.6 Å². The fraction of sp³-hybridized carbons (Fsp3) is 1.00. The van der Waals surface area contributed by atoms with Gasteiger partial charge >= 0.3 is 0 Å². The molecule has 0 spiro atoms. The Morgan fingerprint density at radius 3 is 1.40 bits per heavy atom. The molecule has 10 heavy (non-hydrogen) atoms. The predicted octanol–water partition coefficient (Wildman–Crippen LogP) is 3.19. The molecular formula is C8H19OP. The second-order valence-electron chi connectivity index (χ2n) is 3.69. The maximum atomic E-state index is 12.0. The standard InChI is InChI=1S/C8H19OP/c1-6-10(9,7-2)8(3,4)5/h6-7H2,1-5H3. The van der Waals surface area contributed by atoms with E-state index in [1.165, 1.54) is 0 Å². The van der Waals surface area contributed by atoms with Gasteiger partial charge in [-0.05, 0) is 12.3 Å². The average molecular weight is 162 g/mol. The van der Waals surface area contributed by atoms with Crippen LogP contribution in [0.15, 0.2) is 0 Å². The van der Waals surface area contributed by atoms with E-state index in [0.717, 1.165) is 12.3 Å². The summed E-state index contributed by atoms with van der Waals surface area (Å²) in [4.78, 5) is 0. The first kappa shape index (κ1) is 10.2. The van der Waals surface area contributed by atoms with Crippen LogP contribution < -0.4 is 0 Å². The number of rotatable bonds is 2. The monoisotopic (exact) mass is 162 g/mol. The van der Waals surface area contributed by atoms with Crippen molar-refractivity contribution in [3.8, 4) is 0 Å². The molecule has 0 aromatic carbocycles. The first-order valence-corrected chi connectivity index (χ1v) is 6.03. The van der Waals surface area contributed by atoms with Gasteiger partial charge in [0.15, 0.2) is 0 Å². The first-order valence-electron chi connectivity index (χ1n) is 3.95. The van der Waals surface area contributed by atoms with Crippen molar-refractivity contribution in [3.63, 3.8) is 0 Å². The summed E-state index contributed by atoms with van der Waals surface area (Å²) in [6.45, 7) is 10.3. The van der Waals surface area contributed by atoms with Gasteiger partial charge in [-0.1, -0.05) is 34.6 Å². The lowest BCUT2D eigenvalue weighted by molar-refractivity contribution is 0.549. The summed E-state index contributed by atoms with van der Waals surface area (Å²) < 4.78 is 12.0. The van der Waals surface area contributed by atoms with Crippen LogP contribution in [0.5, 0.6) is 0 Å². The third-order valence-corrected chi connectivity index (χ3v) is 6.73. The van der Waals surface area contributed by atoms with Crippen LogP contribution in [0.3, 0.4) is 0 Å². The highest BCUT2D eigenvalue weighted by Gasteiger charge is 2.32. The molecule has 0 radical (unpaired) electrons. The molecule has 0 saturated heterocycles. The molecule has 1 nitrogen and oxygen atoms in total. The zero-order valence-electron chi connectivity index (χ0n) is 7.77. The van der Waals surface area contributed by atoms with Gasteiger partial charge in [0.1, 0.15) is 0 Å². The average Bonchev–Trinajstić information content (AvgIpc) is 1.84. The molecule has 0 saturated carbocycles. The summed E-state index contributed by atoms with van der Waals surface area (Å²) in [6.07, 6.45) is 1.68. The van der Waals surface area contributed by atoms with Crippen LogP contribution in [-0.2, 0) is 4.57 Å². The Morgan fingerprint density at radius 1 is 1.10 bits per heavy atom. The quantitative estimate of drug-likeness (QED) is 0.570. The van der Waals surface area contributed by atoms with Crippen molar-refractivity contribution in [1.82, 2.24) is 0 Å². The largest absolute Gasteiger partial charge is 0.323 e. The normalized spacial score (nSPS) is 13.7. The summed E-state index contributed by atoms with van der Waals surface area (Å²) in [5.41, 5.74) is 0. The summed E-state index contributed by atoms with van der Waals surface area (Å²) in [7, 11) is -1.86. The molecule has 0 aliphatic rings. The minimum absolute atomic E-state index is 0.0104. The van der Waals surface area contributed by atoms with Crippen molar-refractivity contribution >= 4 is 7.14 Å². The SMILES string of the molecule is CCP(=O)(CC)C(C)(C)C. The molecule has 0 fully saturated rings. The van der Waals surface area contributed by atoms with E-state index in [4.69, 9.17) is 0 Å². The van der Waals surface area contributed by atoms with Crippen molar-refractivity contribution in [2.24, 2.45) is 0 Å². The molecule has 0 unspecified atom stereocenters. The van der Waals surface area contributed by atoms with E-state index in [2.05, 4.69) is 20.8 Å². The molecule has 0 bridgehead atoms. The van der Waals surface area contributed by atoms with Gasteiger partial charge in [0, 0.05) is 5.16 Å². The van der Waals surface area contributed by atoms with Gasteiger partial charge in [-0.15, -0.1) is 0 Å². The Balaban J connectivity index is 4.51. The molecule has 2 heteroatoms. The second kappa shape index (κ2) is 3.09. The highest BCUT2D eigenvalue weighted by Crippen LogP contribution is 2.56. The van der Waals surface area contributed by atoms with Crippen LogP contribution in [0.25, 0.3) is 0 Å². The fourth-order valence-electron chi connectivity index (χ4n) is 1.17. The zero-order chi connectivity index (χ0) is 8.41. The van der Waals surface area contributed by atoms with Gasteiger partial charge in [0.2, 0.25) is 0 Å². The fourth-order valence-corrected chi connectivity index (χ4v) is 3.52. The summed E-state index contributed by atoms with van der Waals surface area (Å²) in [5.74, 6) is 0. The minimum atomic E-state index is -1.86. The summed E-state index contributed by atoms with van der Waals surface area (Å²) >= 11 is 0. The molecule has 0 aromatic heterocycles. The molecule has 0 atom stereocenters. The van der Waals surface area contributed by atoms with E-state index in [-0.39, 0.29) is 5.16 Å². The third kappa shape index (κ3) is 1.85. The molecule has 0 heterocycles. The van der Waals surface area contributed by atoms with Gasteiger partial charge in [-0.25, -0.2) is 0 Å². The van der Waals surface area contributed by atoms with Crippen molar-refractivity contribution in [3.05, 3.63) is 0 Å². The molecule has 0 aliphatic heterocycles. The highest BCUT2D eigenvalue weighted by atomic mass is 31.2. The van der Waals surface area contributed by atoms with E-state index in [1.54, 1.807) is 0 Å². The van der Waals surface area contributed by atoms with Crippen molar-refractivity contribution in [1.29, 1.82) is 0 Å². The van der Waals surface area contributed by atoms with Gasteiger partial charge in [-0.2, -0.15) is 0 Å². The van der Waals surface area contributed by atoms with E-state index in [0.29, 0.717) is 0 Å². The topological polar surface area (TPSA) is 17.1 Å². The Kier molecular flexibility index (Phi) is 3.16. The maximum Gasteiger partial charge on any atom is 0.0922 e. The number of hydrogen-bond donors (Lipinski definition) is 0. The summed E-state index contributed by atoms with van der Waals surface area (Å²) in [5, 5.41) is 0.0104. The number of hydrogen-bond acceptors (Lipinski definition) is 1. The third-order valence-electron chi connectivity index (χ3n) is 2.24. The Morgan fingerprint density at radius 2 is 1.40 bits per heavy atom. The lowest BCUT2D eigenvalue weighted by Crippen LogP contribution is -2.17. The van der Waals surface area contributed by atoms with E-state index < -0.39 is 7.14 Å². The van der Waals surface area contributed by atoms with Gasteiger partial charge < -0.3 is 4.57 Å². The van der Waals surface area contributed by atoms with E-state index in [9.17, 15) is 4.57 Å². The van der Waals surface area contributed by atoms with Gasteiger partial charge in [0.05, 0.1) is 7.14 Å². The smallest absolute Gasteiger partial charge is 0.0922 e. The molecule has 0 aliphatic carbocycles. The van der Waals surface area contributed by atoms with Gasteiger partial charge in [0.25, 0.3) is 0 Å². The predicted molar refractivity (Wildman–Crippen MR) is 48.4 cm³/mol. The minimum Gasteiger partial charge on any atom is -0.323 e. The lowest BCUT2D eigenvalue weighted by Gasteiger charge is -2.29. The molecular weight excluding hydrogens is 143 g/mol. The lowest BCUT2D eigenvalue weighted by atomic mass is 10.3. The molecule has 0 rings (SSSR count). The Bertz CT molecular complexity index is 136. The van der Waals surface area contributed by atoms with Crippen molar-refractivity contribution in [2.75, 3.05) is 12.3 Å². The van der Waals surface area contributed by atoms with Crippen LogP contribution in [0, 0.1) is 0 Å². The Labute approximate surface area is 64.6 Å². The van der Waals surface area contributed by atoms with Crippen molar-refractivity contribution in [2.45, 2.75) is 39.8 Å². The van der Waals surface area contributed by atoms with Crippen LogP contribution in [0.4, 0.5) is 0 Å². The first-order chi connectivity index (χ1) is 4.37. The second-order valence-corrected chi connectivity index (χ2v) is 8.08. The zero-order valence-corrected chi connectivity index (χ0v) is 8.66. The summed E-state index contributed by atoms with van der Waals surface area (Å²) in [6, 6.07) is 0. The van der Waals surface area contributed by atoms with E-state index >= 15 is 0 Å². The highest BCUT2D eigenvalue weighted by molar-refractivity contribution is 7.65. The van der Waals surface area contributed by atoms with Crippen molar-refractivity contribution < 1.29 is 4.57 Å². The Hall–Kier alpha value is 0.230. The molecule has 0 amide bonds. The molecule has 0 N–H and O–H groups in total. The van der Waals surface area contributed by atoms with Gasteiger partial charge in [-0.3, -0.25) is 0 Å². The van der Waals surface area contributed by atoms with Crippen LogP contribution in [0.2, 0.25) is 0 Å². The molecule has 0 aromatic rings. The van der Waals surface area contributed by atoms with Crippen LogP contribution in [-0.4, -0.2) is 17.5 Å².